The number of pyridine rings is 3. The molecule has 142 valence electrons. The Labute approximate surface area is 164 Å². The number of nitrogens with one attached hydrogen (secondary N) is 1. The molecule has 1 aliphatic carbocycles. The Morgan fingerprint density at radius 1 is 1.11 bits per heavy atom. The van der Waals surface area contributed by atoms with Crippen LogP contribution in [-0.4, -0.2) is 26.7 Å². The molecule has 3 aromatic heterocycles. The molecule has 0 aliphatic heterocycles. The third kappa shape index (κ3) is 3.77. The van der Waals surface area contributed by atoms with Crippen molar-refractivity contribution in [2.75, 3.05) is 5.73 Å². The third-order valence-corrected chi connectivity index (χ3v) is 5.32. The van der Waals surface area contributed by atoms with Gasteiger partial charge in [-0.1, -0.05) is 12.5 Å². The fourth-order valence-corrected chi connectivity index (χ4v) is 3.81. The highest BCUT2D eigenvalue weighted by Crippen LogP contribution is 2.31. The molecule has 28 heavy (non-hydrogen) atoms. The maximum atomic E-state index is 8.71. The second-order valence-corrected chi connectivity index (χ2v) is 7.34. The molecule has 6 heteroatoms. The van der Waals surface area contributed by atoms with Crippen molar-refractivity contribution in [2.45, 2.75) is 37.6 Å². The van der Waals surface area contributed by atoms with E-state index >= 15 is 0 Å². The van der Waals surface area contributed by atoms with Gasteiger partial charge in [0.2, 0.25) is 0 Å². The van der Waals surface area contributed by atoms with Crippen LogP contribution in [0.2, 0.25) is 0 Å². The highest BCUT2D eigenvalue weighted by atomic mass is 14.8. The van der Waals surface area contributed by atoms with E-state index in [1.54, 1.807) is 18.6 Å². The monoisotopic (exact) mass is 372 g/mol. The van der Waals surface area contributed by atoms with E-state index in [9.17, 15) is 0 Å². The SMILES string of the molecule is N=C(c1cccc(C2CCCC(N)C2)n1)c1cc(-c2cccnc2)ncc1N. The molecule has 0 saturated heterocycles. The summed E-state index contributed by atoms with van der Waals surface area (Å²) in [5, 5.41) is 8.71. The predicted molar refractivity (Wildman–Crippen MR) is 111 cm³/mol. The third-order valence-electron chi connectivity index (χ3n) is 5.32. The summed E-state index contributed by atoms with van der Waals surface area (Å²) >= 11 is 0. The van der Waals surface area contributed by atoms with Gasteiger partial charge in [-0.3, -0.25) is 20.4 Å². The minimum absolute atomic E-state index is 0.238. The van der Waals surface area contributed by atoms with Crippen molar-refractivity contribution < 1.29 is 0 Å². The lowest BCUT2D eigenvalue weighted by molar-refractivity contribution is 0.388. The van der Waals surface area contributed by atoms with Crippen LogP contribution in [0.15, 0.2) is 55.0 Å². The van der Waals surface area contributed by atoms with E-state index in [4.69, 9.17) is 21.9 Å². The standard InChI is InChI=1S/C22H24N6/c23-16-6-1-4-14(10-16)19-7-2-8-20(28-19)22(25)17-11-21(27-13-18(17)24)15-5-3-9-26-12-15/h2-3,5,7-9,11-14,16,25H,1,4,6,10,23-24H2. The van der Waals surface area contributed by atoms with Crippen LogP contribution >= 0.6 is 0 Å². The zero-order valence-corrected chi connectivity index (χ0v) is 15.7. The Hall–Kier alpha value is -3.12. The first-order chi connectivity index (χ1) is 13.6. The van der Waals surface area contributed by atoms with Gasteiger partial charge in [0.05, 0.1) is 29.0 Å². The molecule has 3 aromatic rings. The van der Waals surface area contributed by atoms with E-state index < -0.39 is 0 Å². The quantitative estimate of drug-likeness (QED) is 0.606. The molecule has 3 heterocycles. The van der Waals surface area contributed by atoms with Gasteiger partial charge in [-0.05, 0) is 49.6 Å². The molecule has 0 radical (unpaired) electrons. The molecule has 5 N–H and O–H groups in total. The number of nitrogens with zero attached hydrogens (tertiary/aromatic N) is 3. The number of nitrogens with two attached hydrogens (primary N) is 2. The van der Waals surface area contributed by atoms with Crippen molar-refractivity contribution >= 4 is 11.4 Å². The van der Waals surface area contributed by atoms with Gasteiger partial charge in [0.15, 0.2) is 0 Å². The molecule has 1 saturated carbocycles. The molecule has 0 aromatic carbocycles. The van der Waals surface area contributed by atoms with E-state index in [-0.39, 0.29) is 6.04 Å². The lowest BCUT2D eigenvalue weighted by atomic mass is 9.84. The number of rotatable bonds is 4. The molecular formula is C22H24N6. The van der Waals surface area contributed by atoms with Gasteiger partial charge in [-0.2, -0.15) is 0 Å². The fourth-order valence-electron chi connectivity index (χ4n) is 3.81. The van der Waals surface area contributed by atoms with Crippen LogP contribution in [0.5, 0.6) is 0 Å². The fraction of sp³-hybridized carbons (Fsp3) is 0.273. The lowest BCUT2D eigenvalue weighted by Gasteiger charge is -2.26. The number of hydrogen-bond acceptors (Lipinski definition) is 6. The van der Waals surface area contributed by atoms with Crippen LogP contribution in [0, 0.1) is 5.41 Å². The zero-order chi connectivity index (χ0) is 19.5. The Balaban J connectivity index is 1.65. The molecule has 2 unspecified atom stereocenters. The summed E-state index contributed by atoms with van der Waals surface area (Å²) in [6, 6.07) is 11.7. The minimum atomic E-state index is 0.238. The molecule has 0 spiro atoms. The molecule has 6 nitrogen and oxygen atoms in total. The van der Waals surface area contributed by atoms with E-state index in [1.165, 1.54) is 0 Å². The number of nitrogen functional groups attached to an aromatic ring is 1. The van der Waals surface area contributed by atoms with Crippen LogP contribution in [-0.2, 0) is 0 Å². The summed E-state index contributed by atoms with van der Waals surface area (Å²) in [7, 11) is 0. The predicted octanol–water partition coefficient (Wildman–Crippen LogP) is 3.52. The Morgan fingerprint density at radius 3 is 2.79 bits per heavy atom. The van der Waals surface area contributed by atoms with Crippen LogP contribution in [0.4, 0.5) is 5.69 Å². The smallest absolute Gasteiger partial charge is 0.0890 e. The van der Waals surface area contributed by atoms with Crippen LogP contribution in [0.25, 0.3) is 11.3 Å². The Morgan fingerprint density at radius 2 is 2.00 bits per heavy atom. The highest BCUT2D eigenvalue weighted by molar-refractivity contribution is 6.13. The van der Waals surface area contributed by atoms with Crippen molar-refractivity contribution in [1.82, 2.24) is 15.0 Å². The topological polar surface area (TPSA) is 115 Å². The first-order valence-corrected chi connectivity index (χ1v) is 9.59. The van der Waals surface area contributed by atoms with Crippen molar-refractivity contribution in [3.8, 4) is 11.3 Å². The Bertz CT molecular complexity index is 985. The maximum Gasteiger partial charge on any atom is 0.0890 e. The molecule has 2 atom stereocenters. The van der Waals surface area contributed by atoms with E-state index in [0.29, 0.717) is 28.6 Å². The van der Waals surface area contributed by atoms with Gasteiger partial charge in [-0.25, -0.2) is 0 Å². The van der Waals surface area contributed by atoms with Crippen molar-refractivity contribution in [2.24, 2.45) is 5.73 Å². The average Bonchev–Trinajstić information content (AvgIpc) is 2.74. The van der Waals surface area contributed by atoms with Gasteiger partial charge in [0.25, 0.3) is 0 Å². The highest BCUT2D eigenvalue weighted by Gasteiger charge is 2.22. The van der Waals surface area contributed by atoms with Crippen molar-refractivity contribution in [1.29, 1.82) is 5.41 Å². The second kappa shape index (κ2) is 7.86. The minimum Gasteiger partial charge on any atom is -0.397 e. The van der Waals surface area contributed by atoms with Gasteiger partial charge in [0, 0.05) is 41.2 Å². The van der Waals surface area contributed by atoms with Crippen molar-refractivity contribution in [3.05, 3.63) is 71.9 Å². The summed E-state index contributed by atoms with van der Waals surface area (Å²) in [5.74, 6) is 0.359. The van der Waals surface area contributed by atoms with Gasteiger partial charge in [0.1, 0.15) is 0 Å². The van der Waals surface area contributed by atoms with Gasteiger partial charge >= 0.3 is 0 Å². The second-order valence-electron chi connectivity index (χ2n) is 7.34. The molecule has 1 aliphatic rings. The summed E-state index contributed by atoms with van der Waals surface area (Å²) in [4.78, 5) is 13.3. The molecular weight excluding hydrogens is 348 g/mol. The molecule has 0 amide bonds. The van der Waals surface area contributed by atoms with Crippen LogP contribution < -0.4 is 11.5 Å². The van der Waals surface area contributed by atoms with Crippen LogP contribution in [0.3, 0.4) is 0 Å². The Kier molecular flexibility index (Phi) is 5.12. The summed E-state index contributed by atoms with van der Waals surface area (Å²) in [6.07, 6.45) is 9.31. The molecule has 0 bridgehead atoms. The first kappa shape index (κ1) is 18.3. The average molecular weight is 372 g/mol. The largest absolute Gasteiger partial charge is 0.397 e. The summed E-state index contributed by atoms with van der Waals surface area (Å²) in [5.41, 5.74) is 16.9. The zero-order valence-electron chi connectivity index (χ0n) is 15.7. The first-order valence-electron chi connectivity index (χ1n) is 9.59. The number of hydrogen-bond donors (Lipinski definition) is 3. The molecule has 1 fully saturated rings. The van der Waals surface area contributed by atoms with E-state index in [1.807, 2.05) is 36.4 Å². The van der Waals surface area contributed by atoms with Crippen molar-refractivity contribution in [3.63, 3.8) is 0 Å². The maximum absolute atomic E-state index is 8.71. The normalized spacial score (nSPS) is 19.3. The number of anilines is 1. The molecule has 4 rings (SSSR count). The number of aromatic nitrogens is 3. The summed E-state index contributed by atoms with van der Waals surface area (Å²) in [6.45, 7) is 0. The van der Waals surface area contributed by atoms with E-state index in [0.717, 1.165) is 42.6 Å². The van der Waals surface area contributed by atoms with Gasteiger partial charge in [-0.15, -0.1) is 0 Å². The van der Waals surface area contributed by atoms with E-state index in [2.05, 4.69) is 9.97 Å². The lowest BCUT2D eigenvalue weighted by Crippen LogP contribution is -2.27. The van der Waals surface area contributed by atoms with Crippen LogP contribution in [0.1, 0.15) is 48.6 Å². The van der Waals surface area contributed by atoms with Gasteiger partial charge < -0.3 is 11.5 Å². The summed E-state index contributed by atoms with van der Waals surface area (Å²) < 4.78 is 0.